The standard InChI is InChI=1S/C24H21Cl3N2O2/c25-18-4-3-5-20(14-18)28-10-12-29(13-11-28)24(30)21-6-1-2-7-23(21)31-16-17-8-9-19(26)15-22(17)27/h1-9,14-15H,10-13,16H2. The van der Waals surface area contributed by atoms with Crippen LogP contribution in [-0.4, -0.2) is 37.0 Å². The van der Waals surface area contributed by atoms with Crippen molar-refractivity contribution in [1.29, 1.82) is 0 Å². The van der Waals surface area contributed by atoms with E-state index in [1.807, 2.05) is 47.4 Å². The fourth-order valence-electron chi connectivity index (χ4n) is 3.57. The fraction of sp³-hybridized carbons (Fsp3) is 0.208. The lowest BCUT2D eigenvalue weighted by atomic mass is 10.1. The number of rotatable bonds is 5. The topological polar surface area (TPSA) is 32.8 Å². The summed E-state index contributed by atoms with van der Waals surface area (Å²) < 4.78 is 5.96. The highest BCUT2D eigenvalue weighted by Crippen LogP contribution is 2.26. The third kappa shape index (κ3) is 5.27. The minimum atomic E-state index is -0.0384. The predicted octanol–water partition coefficient (Wildman–Crippen LogP) is 6.19. The molecule has 0 radical (unpaired) electrons. The molecule has 3 aromatic rings. The summed E-state index contributed by atoms with van der Waals surface area (Å²) in [5, 5.41) is 1.82. The van der Waals surface area contributed by atoms with E-state index >= 15 is 0 Å². The summed E-state index contributed by atoms with van der Waals surface area (Å²) in [4.78, 5) is 17.3. The Morgan fingerprint density at radius 1 is 0.839 bits per heavy atom. The Morgan fingerprint density at radius 3 is 2.32 bits per heavy atom. The highest BCUT2D eigenvalue weighted by atomic mass is 35.5. The Morgan fingerprint density at radius 2 is 1.58 bits per heavy atom. The van der Waals surface area contributed by atoms with Crippen LogP contribution < -0.4 is 9.64 Å². The lowest BCUT2D eigenvalue weighted by molar-refractivity contribution is 0.0742. The van der Waals surface area contributed by atoms with Gasteiger partial charge in [-0.25, -0.2) is 0 Å². The van der Waals surface area contributed by atoms with Crippen LogP contribution in [0.1, 0.15) is 15.9 Å². The zero-order chi connectivity index (χ0) is 21.8. The molecule has 0 bridgehead atoms. The minimum absolute atomic E-state index is 0.0384. The molecule has 0 saturated carbocycles. The molecule has 1 saturated heterocycles. The van der Waals surface area contributed by atoms with Crippen LogP contribution >= 0.6 is 34.8 Å². The molecule has 160 valence electrons. The molecule has 4 nitrogen and oxygen atoms in total. The van der Waals surface area contributed by atoms with Crippen molar-refractivity contribution in [2.24, 2.45) is 0 Å². The molecule has 0 spiro atoms. The highest BCUT2D eigenvalue weighted by Gasteiger charge is 2.24. The Balaban J connectivity index is 1.42. The van der Waals surface area contributed by atoms with Crippen molar-refractivity contribution in [3.8, 4) is 5.75 Å². The number of para-hydroxylation sites is 1. The molecule has 1 amide bonds. The van der Waals surface area contributed by atoms with Gasteiger partial charge in [-0.05, 0) is 42.5 Å². The van der Waals surface area contributed by atoms with E-state index in [2.05, 4.69) is 4.90 Å². The lowest BCUT2D eigenvalue weighted by Crippen LogP contribution is -2.48. The number of hydrogen-bond donors (Lipinski definition) is 0. The van der Waals surface area contributed by atoms with E-state index in [4.69, 9.17) is 39.5 Å². The van der Waals surface area contributed by atoms with Crippen molar-refractivity contribution < 1.29 is 9.53 Å². The van der Waals surface area contributed by atoms with Crippen molar-refractivity contribution in [3.05, 3.63) is 92.9 Å². The van der Waals surface area contributed by atoms with Crippen LogP contribution in [0.2, 0.25) is 15.1 Å². The van der Waals surface area contributed by atoms with Gasteiger partial charge in [-0.15, -0.1) is 0 Å². The maximum atomic E-state index is 13.2. The second-order valence-electron chi connectivity index (χ2n) is 7.28. The van der Waals surface area contributed by atoms with E-state index in [1.165, 1.54) is 0 Å². The number of nitrogens with zero attached hydrogens (tertiary/aromatic N) is 2. The molecule has 3 aromatic carbocycles. The smallest absolute Gasteiger partial charge is 0.257 e. The molecule has 4 rings (SSSR count). The van der Waals surface area contributed by atoms with Gasteiger partial charge in [0, 0.05) is 52.5 Å². The lowest BCUT2D eigenvalue weighted by Gasteiger charge is -2.36. The number of hydrogen-bond acceptors (Lipinski definition) is 3. The van der Waals surface area contributed by atoms with Crippen molar-refractivity contribution in [2.75, 3.05) is 31.1 Å². The first-order valence-electron chi connectivity index (χ1n) is 9.97. The fourth-order valence-corrected chi connectivity index (χ4v) is 4.22. The molecule has 1 heterocycles. The predicted molar refractivity (Wildman–Crippen MR) is 127 cm³/mol. The molecule has 1 fully saturated rings. The van der Waals surface area contributed by atoms with Crippen molar-refractivity contribution in [2.45, 2.75) is 6.61 Å². The molecule has 1 aliphatic rings. The molecule has 0 N–H and O–H groups in total. The molecule has 0 unspecified atom stereocenters. The van der Waals surface area contributed by atoms with E-state index in [-0.39, 0.29) is 12.5 Å². The zero-order valence-electron chi connectivity index (χ0n) is 16.7. The third-order valence-corrected chi connectivity index (χ3v) is 6.08. The van der Waals surface area contributed by atoms with Crippen molar-refractivity contribution >= 4 is 46.4 Å². The number of carbonyl (C=O) groups is 1. The molecular weight excluding hydrogens is 455 g/mol. The van der Waals surface area contributed by atoms with E-state index in [1.54, 1.807) is 24.3 Å². The van der Waals surface area contributed by atoms with Crippen molar-refractivity contribution in [3.63, 3.8) is 0 Å². The van der Waals surface area contributed by atoms with Crippen LogP contribution in [0, 0.1) is 0 Å². The summed E-state index contributed by atoms with van der Waals surface area (Å²) in [5.74, 6) is 0.499. The van der Waals surface area contributed by atoms with E-state index in [9.17, 15) is 4.79 Å². The van der Waals surface area contributed by atoms with Gasteiger partial charge in [0.25, 0.3) is 5.91 Å². The number of halogens is 3. The van der Waals surface area contributed by atoms with Crippen LogP contribution in [0.5, 0.6) is 5.75 Å². The monoisotopic (exact) mass is 474 g/mol. The summed E-state index contributed by atoms with van der Waals surface area (Å²) >= 11 is 18.3. The number of carbonyl (C=O) groups excluding carboxylic acids is 1. The summed E-state index contributed by atoms with van der Waals surface area (Å²) in [7, 11) is 0. The minimum Gasteiger partial charge on any atom is -0.488 e. The van der Waals surface area contributed by atoms with Gasteiger partial charge in [-0.1, -0.05) is 59.1 Å². The van der Waals surface area contributed by atoms with E-state index in [0.717, 1.165) is 24.3 Å². The molecule has 0 atom stereocenters. The maximum Gasteiger partial charge on any atom is 0.257 e. The Bertz CT molecular complexity index is 1080. The van der Waals surface area contributed by atoms with Crippen molar-refractivity contribution in [1.82, 2.24) is 4.90 Å². The van der Waals surface area contributed by atoms with Gasteiger partial charge in [-0.3, -0.25) is 4.79 Å². The molecular formula is C24H21Cl3N2O2. The normalized spacial score (nSPS) is 13.9. The van der Waals surface area contributed by atoms with Crippen LogP contribution in [0.3, 0.4) is 0 Å². The number of amides is 1. The second kappa shape index (κ2) is 9.82. The molecule has 31 heavy (non-hydrogen) atoms. The zero-order valence-corrected chi connectivity index (χ0v) is 19.0. The van der Waals surface area contributed by atoms with Gasteiger partial charge in [0.15, 0.2) is 0 Å². The largest absolute Gasteiger partial charge is 0.488 e. The molecule has 0 aromatic heterocycles. The summed E-state index contributed by atoms with van der Waals surface area (Å²) in [6, 6.07) is 20.4. The van der Waals surface area contributed by atoms with Gasteiger partial charge in [0.2, 0.25) is 0 Å². The van der Waals surface area contributed by atoms with Crippen LogP contribution in [0.15, 0.2) is 66.7 Å². The number of anilines is 1. The Kier molecular flexibility index (Phi) is 6.91. The van der Waals surface area contributed by atoms with Gasteiger partial charge >= 0.3 is 0 Å². The number of piperazine rings is 1. The first-order valence-corrected chi connectivity index (χ1v) is 11.1. The first kappa shape index (κ1) is 21.8. The van der Waals surface area contributed by atoms with Gasteiger partial charge in [-0.2, -0.15) is 0 Å². The first-order chi connectivity index (χ1) is 15.0. The number of benzene rings is 3. The quantitative estimate of drug-likeness (QED) is 0.441. The van der Waals surface area contributed by atoms with Gasteiger partial charge < -0.3 is 14.5 Å². The summed E-state index contributed by atoms with van der Waals surface area (Å²) in [6.07, 6.45) is 0. The van der Waals surface area contributed by atoms with E-state index < -0.39 is 0 Å². The average molecular weight is 476 g/mol. The maximum absolute atomic E-state index is 13.2. The second-order valence-corrected chi connectivity index (χ2v) is 8.56. The molecule has 0 aliphatic carbocycles. The summed E-state index contributed by atoms with van der Waals surface area (Å²) in [6.45, 7) is 3.00. The van der Waals surface area contributed by atoms with Crippen LogP contribution in [0.4, 0.5) is 5.69 Å². The Hall–Kier alpha value is -2.40. The number of ether oxygens (including phenoxy) is 1. The SMILES string of the molecule is O=C(c1ccccc1OCc1ccc(Cl)cc1Cl)N1CCN(c2cccc(Cl)c2)CC1. The van der Waals surface area contributed by atoms with Gasteiger partial charge in [0.05, 0.1) is 5.56 Å². The van der Waals surface area contributed by atoms with Gasteiger partial charge in [0.1, 0.15) is 12.4 Å². The Labute approximate surface area is 196 Å². The van der Waals surface area contributed by atoms with E-state index in [0.29, 0.717) is 39.5 Å². The summed E-state index contributed by atoms with van der Waals surface area (Å²) in [5.41, 5.74) is 2.43. The van der Waals surface area contributed by atoms with Crippen LogP contribution in [0.25, 0.3) is 0 Å². The molecule has 7 heteroatoms. The molecule has 1 aliphatic heterocycles. The van der Waals surface area contributed by atoms with Crippen LogP contribution in [-0.2, 0) is 6.61 Å². The highest BCUT2D eigenvalue weighted by molar-refractivity contribution is 6.35. The average Bonchev–Trinajstić information content (AvgIpc) is 2.78. The third-order valence-electron chi connectivity index (χ3n) is 5.26.